The van der Waals surface area contributed by atoms with Gasteiger partial charge in [-0.3, -0.25) is 10.1 Å². The number of thiocarbonyl (C=S) groups is 1. The minimum atomic E-state index is -0.286. The molecule has 1 aromatic carbocycles. The summed E-state index contributed by atoms with van der Waals surface area (Å²) in [7, 11) is 0. The fourth-order valence-corrected chi connectivity index (χ4v) is 1.42. The van der Waals surface area contributed by atoms with Crippen LogP contribution in [0.25, 0.3) is 6.08 Å². The lowest BCUT2D eigenvalue weighted by molar-refractivity contribution is -0.115. The maximum atomic E-state index is 11.5. The Kier molecular flexibility index (Phi) is 6.11. The Morgan fingerprint density at radius 1 is 1.39 bits per heavy atom. The normalized spacial score (nSPS) is 10.1. The number of hydrogen-bond acceptors (Lipinski definition) is 2. The van der Waals surface area contributed by atoms with E-state index in [-0.39, 0.29) is 11.0 Å². The number of benzene rings is 1. The van der Waals surface area contributed by atoms with Gasteiger partial charge >= 0.3 is 0 Å². The zero-order valence-electron chi connectivity index (χ0n) is 9.65. The van der Waals surface area contributed by atoms with Crippen molar-refractivity contribution in [3.8, 4) is 0 Å². The fourth-order valence-electron chi connectivity index (χ4n) is 1.11. The second-order valence-electron chi connectivity index (χ2n) is 3.37. The van der Waals surface area contributed by atoms with Crippen molar-refractivity contribution in [2.24, 2.45) is 0 Å². The molecule has 0 atom stereocenters. The molecular formula is C13H13ClN2OS. The number of carbonyl (C=O) groups is 1. The van der Waals surface area contributed by atoms with Crippen molar-refractivity contribution in [2.45, 2.75) is 0 Å². The van der Waals surface area contributed by atoms with Gasteiger partial charge in [0.15, 0.2) is 5.11 Å². The molecule has 1 rings (SSSR count). The van der Waals surface area contributed by atoms with Crippen LogP contribution in [0.2, 0.25) is 5.02 Å². The number of nitrogens with one attached hydrogen (secondary N) is 2. The van der Waals surface area contributed by atoms with Crippen molar-refractivity contribution < 1.29 is 4.79 Å². The smallest absolute Gasteiger partial charge is 0.250 e. The summed E-state index contributed by atoms with van der Waals surface area (Å²) in [6.45, 7) is 4.05. The van der Waals surface area contributed by atoms with Crippen molar-refractivity contribution in [2.75, 3.05) is 6.54 Å². The molecule has 2 N–H and O–H groups in total. The lowest BCUT2D eigenvalue weighted by Gasteiger charge is -2.04. The average Bonchev–Trinajstić information content (AvgIpc) is 2.35. The molecule has 0 radical (unpaired) electrons. The van der Waals surface area contributed by atoms with E-state index in [1.165, 1.54) is 6.08 Å². The van der Waals surface area contributed by atoms with Crippen molar-refractivity contribution in [1.82, 2.24) is 10.6 Å². The summed E-state index contributed by atoms with van der Waals surface area (Å²) in [4.78, 5) is 11.5. The van der Waals surface area contributed by atoms with Crippen molar-refractivity contribution in [1.29, 1.82) is 0 Å². The van der Waals surface area contributed by atoms with Crippen LogP contribution in [0, 0.1) is 0 Å². The topological polar surface area (TPSA) is 41.1 Å². The van der Waals surface area contributed by atoms with E-state index in [4.69, 9.17) is 23.8 Å². The van der Waals surface area contributed by atoms with Crippen LogP contribution < -0.4 is 10.6 Å². The molecule has 0 spiro atoms. The highest BCUT2D eigenvalue weighted by Crippen LogP contribution is 2.10. The van der Waals surface area contributed by atoms with Gasteiger partial charge in [0.2, 0.25) is 5.91 Å². The first kappa shape index (κ1) is 14.4. The molecule has 3 nitrogen and oxygen atoms in total. The molecule has 0 bridgehead atoms. The van der Waals surface area contributed by atoms with E-state index in [0.717, 1.165) is 5.56 Å². The molecule has 94 valence electrons. The zero-order chi connectivity index (χ0) is 13.4. The molecule has 5 heteroatoms. The van der Waals surface area contributed by atoms with Crippen LogP contribution in [0.1, 0.15) is 5.56 Å². The van der Waals surface area contributed by atoms with Gasteiger partial charge in [-0.25, -0.2) is 0 Å². The van der Waals surface area contributed by atoms with Crippen molar-refractivity contribution in [3.05, 3.63) is 53.6 Å². The van der Waals surface area contributed by atoms with Crippen LogP contribution in [0.5, 0.6) is 0 Å². The molecular weight excluding hydrogens is 268 g/mol. The van der Waals surface area contributed by atoms with Crippen LogP contribution in [0.3, 0.4) is 0 Å². The maximum absolute atomic E-state index is 11.5. The van der Waals surface area contributed by atoms with Gasteiger partial charge in [-0.15, -0.1) is 6.58 Å². The molecule has 0 saturated carbocycles. The number of hydrogen-bond donors (Lipinski definition) is 2. The molecule has 0 aliphatic rings. The van der Waals surface area contributed by atoms with Gasteiger partial charge in [-0.2, -0.15) is 0 Å². The van der Waals surface area contributed by atoms with Gasteiger partial charge < -0.3 is 5.32 Å². The van der Waals surface area contributed by atoms with Crippen LogP contribution in [-0.2, 0) is 4.79 Å². The molecule has 0 unspecified atom stereocenters. The molecule has 1 aromatic rings. The minimum Gasteiger partial charge on any atom is -0.359 e. The van der Waals surface area contributed by atoms with Crippen LogP contribution in [0.15, 0.2) is 43.0 Å². The third kappa shape index (κ3) is 5.61. The SMILES string of the molecule is C=CCNC(=S)NC(=O)/C=C/c1ccc(Cl)cc1. The summed E-state index contributed by atoms with van der Waals surface area (Å²) in [5.41, 5.74) is 0.888. The van der Waals surface area contributed by atoms with E-state index < -0.39 is 0 Å². The summed E-state index contributed by atoms with van der Waals surface area (Å²) in [6, 6.07) is 7.16. The summed E-state index contributed by atoms with van der Waals surface area (Å²) < 4.78 is 0. The first-order valence-electron chi connectivity index (χ1n) is 5.25. The molecule has 1 amide bonds. The third-order valence-corrected chi connectivity index (χ3v) is 2.44. The number of halogens is 1. The van der Waals surface area contributed by atoms with Gasteiger partial charge in [0.05, 0.1) is 0 Å². The molecule has 18 heavy (non-hydrogen) atoms. The van der Waals surface area contributed by atoms with Crippen molar-refractivity contribution >= 4 is 40.9 Å². The van der Waals surface area contributed by atoms with Crippen LogP contribution >= 0.6 is 23.8 Å². The highest BCUT2D eigenvalue weighted by Gasteiger charge is 1.98. The second kappa shape index (κ2) is 7.63. The van der Waals surface area contributed by atoms with E-state index in [1.807, 2.05) is 12.1 Å². The first-order chi connectivity index (χ1) is 8.61. The lowest BCUT2D eigenvalue weighted by atomic mass is 10.2. The lowest BCUT2D eigenvalue weighted by Crippen LogP contribution is -2.38. The van der Waals surface area contributed by atoms with E-state index >= 15 is 0 Å². The standard InChI is InChI=1S/C13H13ClN2OS/c1-2-9-15-13(18)16-12(17)8-5-10-3-6-11(14)7-4-10/h2-8H,1,9H2,(H2,15,16,17,18)/b8-5+. The Morgan fingerprint density at radius 3 is 2.67 bits per heavy atom. The Hall–Kier alpha value is -1.65. The second-order valence-corrected chi connectivity index (χ2v) is 4.22. The highest BCUT2D eigenvalue weighted by molar-refractivity contribution is 7.80. The minimum absolute atomic E-state index is 0.278. The summed E-state index contributed by atoms with van der Waals surface area (Å²) in [5, 5.41) is 6.25. The third-order valence-electron chi connectivity index (χ3n) is 1.94. The van der Waals surface area contributed by atoms with E-state index in [1.54, 1.807) is 24.3 Å². The predicted molar refractivity (Wildman–Crippen MR) is 79.4 cm³/mol. The molecule has 0 heterocycles. The largest absolute Gasteiger partial charge is 0.359 e. The summed E-state index contributed by atoms with van der Waals surface area (Å²) in [6.07, 6.45) is 4.74. The van der Waals surface area contributed by atoms with Crippen molar-refractivity contribution in [3.63, 3.8) is 0 Å². The first-order valence-corrected chi connectivity index (χ1v) is 6.04. The number of carbonyl (C=O) groups excluding carboxylic acids is 1. The fraction of sp³-hybridized carbons (Fsp3) is 0.0769. The Bertz CT molecular complexity index is 468. The van der Waals surface area contributed by atoms with Crippen LogP contribution in [0.4, 0.5) is 0 Å². The van der Waals surface area contributed by atoms with Gasteiger partial charge in [0.1, 0.15) is 0 Å². The number of amides is 1. The van der Waals surface area contributed by atoms with Gasteiger partial charge in [-0.05, 0) is 36.0 Å². The average molecular weight is 281 g/mol. The number of rotatable bonds is 4. The van der Waals surface area contributed by atoms with Crippen LogP contribution in [-0.4, -0.2) is 17.6 Å². The maximum Gasteiger partial charge on any atom is 0.250 e. The molecule has 0 aliphatic heterocycles. The van der Waals surface area contributed by atoms with Gasteiger partial charge in [-0.1, -0.05) is 29.8 Å². The Labute approximate surface area is 117 Å². The summed E-state index contributed by atoms with van der Waals surface area (Å²) in [5.74, 6) is -0.286. The monoisotopic (exact) mass is 280 g/mol. The quantitative estimate of drug-likeness (QED) is 0.506. The van der Waals surface area contributed by atoms with Gasteiger partial charge in [0.25, 0.3) is 0 Å². The van der Waals surface area contributed by atoms with E-state index in [0.29, 0.717) is 11.6 Å². The Balaban J connectivity index is 2.46. The highest BCUT2D eigenvalue weighted by atomic mass is 35.5. The van der Waals surface area contributed by atoms with E-state index in [2.05, 4.69) is 17.2 Å². The predicted octanol–water partition coefficient (Wildman–Crippen LogP) is 2.53. The molecule has 0 aromatic heterocycles. The molecule has 0 aliphatic carbocycles. The molecule has 0 saturated heterocycles. The molecule has 0 fully saturated rings. The van der Waals surface area contributed by atoms with Gasteiger partial charge in [0, 0.05) is 17.6 Å². The van der Waals surface area contributed by atoms with E-state index in [9.17, 15) is 4.79 Å². The zero-order valence-corrected chi connectivity index (χ0v) is 11.2. The Morgan fingerprint density at radius 2 is 2.06 bits per heavy atom. The summed E-state index contributed by atoms with van der Waals surface area (Å²) >= 11 is 10.7.